The summed E-state index contributed by atoms with van der Waals surface area (Å²) in [6, 6.07) is 11.3. The van der Waals surface area contributed by atoms with E-state index in [1.54, 1.807) is 12.1 Å². The molecule has 1 aromatic heterocycles. The predicted octanol–water partition coefficient (Wildman–Crippen LogP) is 5.30. The van der Waals surface area contributed by atoms with Crippen LogP contribution in [0.1, 0.15) is 48.6 Å². The van der Waals surface area contributed by atoms with Crippen LogP contribution in [0.3, 0.4) is 0 Å². The Bertz CT molecular complexity index is 1270. The Morgan fingerprint density at radius 2 is 1.63 bits per heavy atom. The molecule has 2 aliphatic rings. The van der Waals surface area contributed by atoms with Gasteiger partial charge in [-0.05, 0) is 67.6 Å². The quantitative estimate of drug-likeness (QED) is 0.452. The molecule has 6 nitrogen and oxygen atoms in total. The molecule has 0 atom stereocenters. The molecule has 0 spiro atoms. The minimum absolute atomic E-state index is 0.0822. The summed E-state index contributed by atoms with van der Waals surface area (Å²) in [7, 11) is -3.96. The third kappa shape index (κ3) is 4.42. The van der Waals surface area contributed by atoms with Crippen molar-refractivity contribution in [3.8, 4) is 0 Å². The molecule has 0 radical (unpaired) electrons. The van der Waals surface area contributed by atoms with Crippen molar-refractivity contribution in [2.45, 2.75) is 53.5 Å². The van der Waals surface area contributed by atoms with Crippen LogP contribution in [0.2, 0.25) is 0 Å². The van der Waals surface area contributed by atoms with Gasteiger partial charge < -0.3 is 0 Å². The number of aromatic amines is 1. The molecule has 11 heteroatoms. The van der Waals surface area contributed by atoms with E-state index >= 15 is 0 Å². The first-order valence-corrected chi connectivity index (χ1v) is 13.6. The van der Waals surface area contributed by atoms with Gasteiger partial charge in [-0.2, -0.15) is 18.3 Å². The van der Waals surface area contributed by atoms with Gasteiger partial charge in [0.25, 0.3) is 0 Å². The number of benzene rings is 2. The van der Waals surface area contributed by atoms with Crippen LogP contribution in [0.15, 0.2) is 64.2 Å². The first-order valence-electron chi connectivity index (χ1n) is 11.4. The SMILES string of the molecule is O=S(=O)(c1ccc(C(F)(F)F)cc1)C1(c2ccc(Br)cc2)CCC(N2CC(c3ncn[nH]3)C2)CC1. The Labute approximate surface area is 210 Å². The van der Waals surface area contributed by atoms with E-state index in [9.17, 15) is 21.6 Å². The zero-order valence-electron chi connectivity index (χ0n) is 18.7. The topological polar surface area (TPSA) is 79.0 Å². The highest BCUT2D eigenvalue weighted by molar-refractivity contribution is 9.10. The third-order valence-corrected chi connectivity index (χ3v) is 10.5. The van der Waals surface area contributed by atoms with E-state index in [1.807, 2.05) is 12.1 Å². The summed E-state index contributed by atoms with van der Waals surface area (Å²) in [4.78, 5) is 6.50. The van der Waals surface area contributed by atoms with Crippen LogP contribution in [-0.2, 0) is 20.8 Å². The summed E-state index contributed by atoms with van der Waals surface area (Å²) >= 11 is 3.40. The maximum atomic E-state index is 14.0. The molecular formula is C24H24BrF3N4O2S. The van der Waals surface area contributed by atoms with Crippen molar-refractivity contribution < 1.29 is 21.6 Å². The van der Waals surface area contributed by atoms with Gasteiger partial charge in [-0.3, -0.25) is 10.00 Å². The number of alkyl halides is 3. The number of aromatic nitrogens is 3. The lowest BCUT2D eigenvalue weighted by Crippen LogP contribution is -2.54. The normalized spacial score (nSPS) is 24.3. The van der Waals surface area contributed by atoms with Crippen LogP contribution in [0, 0.1) is 0 Å². The van der Waals surface area contributed by atoms with E-state index in [-0.39, 0.29) is 10.9 Å². The van der Waals surface area contributed by atoms with E-state index in [2.05, 4.69) is 36.0 Å². The Morgan fingerprint density at radius 1 is 1.00 bits per heavy atom. The number of sulfone groups is 1. The molecule has 2 aromatic carbocycles. The Kier molecular flexibility index (Phi) is 6.29. The molecule has 1 aliphatic carbocycles. The number of H-pyrrole nitrogens is 1. The molecule has 3 aromatic rings. The van der Waals surface area contributed by atoms with E-state index in [4.69, 9.17) is 0 Å². The molecule has 2 fully saturated rings. The number of hydrogen-bond acceptors (Lipinski definition) is 5. The molecular weight excluding hydrogens is 545 g/mol. The van der Waals surface area contributed by atoms with Gasteiger partial charge in [-0.25, -0.2) is 13.4 Å². The third-order valence-electron chi connectivity index (χ3n) is 7.39. The molecule has 0 amide bonds. The summed E-state index contributed by atoms with van der Waals surface area (Å²) in [5.74, 6) is 1.16. The van der Waals surface area contributed by atoms with Crippen molar-refractivity contribution in [1.29, 1.82) is 0 Å². The molecule has 0 bridgehead atoms. The van der Waals surface area contributed by atoms with Crippen LogP contribution in [0.25, 0.3) is 0 Å². The molecule has 1 saturated carbocycles. The fourth-order valence-corrected chi connectivity index (χ4v) is 7.77. The number of nitrogens with zero attached hydrogens (tertiary/aromatic N) is 3. The van der Waals surface area contributed by atoms with Gasteiger partial charge in [-0.1, -0.05) is 28.1 Å². The van der Waals surface area contributed by atoms with Gasteiger partial charge in [0, 0.05) is 29.5 Å². The van der Waals surface area contributed by atoms with Gasteiger partial charge >= 0.3 is 6.18 Å². The Hall–Kier alpha value is -2.24. The van der Waals surface area contributed by atoms with Crippen molar-refractivity contribution in [2.24, 2.45) is 0 Å². The molecule has 0 unspecified atom stereocenters. The number of rotatable bonds is 5. The summed E-state index contributed by atoms with van der Waals surface area (Å²) in [6.07, 6.45) is -0.877. The van der Waals surface area contributed by atoms with Gasteiger partial charge in [0.15, 0.2) is 9.84 Å². The Morgan fingerprint density at radius 3 is 2.17 bits per heavy atom. The fraction of sp³-hybridized carbons (Fsp3) is 0.417. The van der Waals surface area contributed by atoms with Crippen molar-refractivity contribution in [3.63, 3.8) is 0 Å². The largest absolute Gasteiger partial charge is 0.416 e. The van der Waals surface area contributed by atoms with Gasteiger partial charge in [-0.15, -0.1) is 0 Å². The highest BCUT2D eigenvalue weighted by Gasteiger charge is 2.50. The van der Waals surface area contributed by atoms with E-state index < -0.39 is 26.3 Å². The zero-order valence-corrected chi connectivity index (χ0v) is 21.1. The molecule has 5 rings (SSSR count). The van der Waals surface area contributed by atoms with E-state index in [1.165, 1.54) is 6.33 Å². The average molecular weight is 569 g/mol. The fourth-order valence-electron chi connectivity index (χ4n) is 5.34. The van der Waals surface area contributed by atoms with Crippen LogP contribution < -0.4 is 0 Å². The zero-order chi connectivity index (χ0) is 24.8. The lowest BCUT2D eigenvalue weighted by molar-refractivity contribution is -0.137. The van der Waals surface area contributed by atoms with Crippen molar-refractivity contribution >= 4 is 25.8 Å². The molecule has 35 heavy (non-hydrogen) atoms. The highest BCUT2D eigenvalue weighted by atomic mass is 79.9. The maximum Gasteiger partial charge on any atom is 0.416 e. The van der Waals surface area contributed by atoms with Crippen LogP contribution in [0.4, 0.5) is 13.2 Å². The van der Waals surface area contributed by atoms with Crippen molar-refractivity contribution in [3.05, 3.63) is 76.3 Å². The first-order chi connectivity index (χ1) is 16.6. The van der Waals surface area contributed by atoms with Crippen LogP contribution in [-0.4, -0.2) is 47.6 Å². The van der Waals surface area contributed by atoms with Gasteiger partial charge in [0.1, 0.15) is 16.9 Å². The summed E-state index contributed by atoms with van der Waals surface area (Å²) < 4.78 is 66.8. The van der Waals surface area contributed by atoms with E-state index in [0.29, 0.717) is 37.2 Å². The summed E-state index contributed by atoms with van der Waals surface area (Å²) in [5.41, 5.74) is -0.195. The van der Waals surface area contributed by atoms with Crippen LogP contribution >= 0.6 is 15.9 Å². The standard InChI is InChI=1S/C24H24BrF3N4O2S/c25-19-5-1-17(2-6-19)23(35(33,34)21-7-3-18(4-8-21)24(26,27)28)11-9-20(10-12-23)32-13-16(14-32)22-29-15-30-31-22/h1-8,15-16,20H,9-14H2,(H,29,30,31). The minimum Gasteiger partial charge on any atom is -0.299 e. The van der Waals surface area contributed by atoms with Gasteiger partial charge in [0.05, 0.1) is 10.5 Å². The smallest absolute Gasteiger partial charge is 0.299 e. The lowest BCUT2D eigenvalue weighted by atomic mass is 9.79. The first kappa shape index (κ1) is 24.5. The number of likely N-dealkylation sites (tertiary alicyclic amines) is 1. The second-order valence-electron chi connectivity index (χ2n) is 9.28. The van der Waals surface area contributed by atoms with Crippen molar-refractivity contribution in [1.82, 2.24) is 20.1 Å². The minimum atomic E-state index is -4.52. The Balaban J connectivity index is 1.41. The average Bonchev–Trinajstić information content (AvgIpc) is 3.33. The van der Waals surface area contributed by atoms with Crippen LogP contribution in [0.5, 0.6) is 0 Å². The van der Waals surface area contributed by atoms with E-state index in [0.717, 1.165) is 47.7 Å². The summed E-state index contributed by atoms with van der Waals surface area (Å²) in [6.45, 7) is 1.69. The monoisotopic (exact) mass is 568 g/mol. The second kappa shape index (κ2) is 9.01. The second-order valence-corrected chi connectivity index (χ2v) is 12.5. The predicted molar refractivity (Wildman–Crippen MR) is 127 cm³/mol. The lowest BCUT2D eigenvalue weighted by Gasteiger charge is -2.48. The van der Waals surface area contributed by atoms with Gasteiger partial charge in [0.2, 0.25) is 0 Å². The maximum absolute atomic E-state index is 14.0. The highest BCUT2D eigenvalue weighted by Crippen LogP contribution is 2.49. The summed E-state index contributed by atoms with van der Waals surface area (Å²) in [5, 5.41) is 6.82. The molecule has 1 aliphatic heterocycles. The van der Waals surface area contributed by atoms with Crippen molar-refractivity contribution in [2.75, 3.05) is 13.1 Å². The number of nitrogens with one attached hydrogen (secondary N) is 1. The number of hydrogen-bond donors (Lipinski definition) is 1. The molecule has 1 saturated heterocycles. The molecule has 1 N–H and O–H groups in total. The number of halogens is 4. The molecule has 2 heterocycles. The molecule has 186 valence electrons.